The SMILES string of the molecule is C1CCNC1.C1CCOCC1.C=CC(=O)NC.Oc1ccccc1-c1cc2c(C3CCCCC3)c[nH]c2nn1. The van der Waals surface area contributed by atoms with E-state index in [9.17, 15) is 9.90 Å². The first kappa shape index (κ1) is 30.3. The highest BCUT2D eigenvalue weighted by atomic mass is 16.5. The van der Waals surface area contributed by atoms with Crippen LogP contribution in [-0.4, -0.2) is 59.5 Å². The van der Waals surface area contributed by atoms with Crippen molar-refractivity contribution in [3.63, 3.8) is 0 Å². The van der Waals surface area contributed by atoms with E-state index in [1.807, 2.05) is 18.2 Å². The Morgan fingerprint density at radius 1 is 1.03 bits per heavy atom. The van der Waals surface area contributed by atoms with Gasteiger partial charge in [-0.15, -0.1) is 10.2 Å². The highest BCUT2D eigenvalue weighted by Gasteiger charge is 2.20. The number of ether oxygens (including phenoxy) is 1. The van der Waals surface area contributed by atoms with E-state index in [1.54, 1.807) is 13.1 Å². The highest BCUT2D eigenvalue weighted by molar-refractivity contribution is 5.86. The molecule has 1 saturated carbocycles. The first-order valence-corrected chi connectivity index (χ1v) is 14.4. The minimum Gasteiger partial charge on any atom is -0.507 e. The number of hydrogen-bond donors (Lipinski definition) is 4. The normalized spacial score (nSPS) is 16.9. The van der Waals surface area contributed by atoms with Gasteiger partial charge in [0.05, 0.1) is 5.69 Å². The molecule has 8 heteroatoms. The maximum Gasteiger partial charge on any atom is 0.243 e. The predicted molar refractivity (Wildman–Crippen MR) is 158 cm³/mol. The first-order valence-electron chi connectivity index (χ1n) is 14.4. The number of rotatable bonds is 3. The molecule has 3 aromatic rings. The molecule has 0 unspecified atom stereocenters. The summed E-state index contributed by atoms with van der Waals surface area (Å²) >= 11 is 0. The van der Waals surface area contributed by atoms with E-state index in [1.165, 1.54) is 88.9 Å². The Hall–Kier alpha value is -3.23. The van der Waals surface area contributed by atoms with Crippen LogP contribution in [0.25, 0.3) is 22.3 Å². The molecule has 0 atom stereocenters. The lowest BCUT2D eigenvalue weighted by molar-refractivity contribution is -0.116. The number of phenolic OH excluding ortho intramolecular Hbond substituents is 1. The average Bonchev–Trinajstić information content (AvgIpc) is 3.73. The molecular weight excluding hydrogens is 490 g/mol. The molecule has 212 valence electrons. The van der Waals surface area contributed by atoms with Gasteiger partial charge in [0.2, 0.25) is 5.91 Å². The number of aromatic hydroxyl groups is 1. The van der Waals surface area contributed by atoms with E-state index in [-0.39, 0.29) is 11.7 Å². The lowest BCUT2D eigenvalue weighted by Crippen LogP contribution is -2.13. The fraction of sp³-hybridized carbons (Fsp3) is 0.516. The summed E-state index contributed by atoms with van der Waals surface area (Å²) in [6, 6.07) is 9.32. The number of carbonyl (C=O) groups is 1. The van der Waals surface area contributed by atoms with Crippen LogP contribution in [-0.2, 0) is 9.53 Å². The second-order valence-corrected chi connectivity index (χ2v) is 10.0. The molecule has 0 bridgehead atoms. The maximum absolute atomic E-state index is 10.0. The molecule has 1 aliphatic carbocycles. The number of fused-ring (bicyclic) bond motifs is 1. The number of aromatic nitrogens is 3. The van der Waals surface area contributed by atoms with Gasteiger partial charge in [-0.3, -0.25) is 4.79 Å². The average molecular weight is 536 g/mol. The van der Waals surface area contributed by atoms with Crippen LogP contribution in [0.15, 0.2) is 49.2 Å². The summed E-state index contributed by atoms with van der Waals surface area (Å²) in [6.07, 6.45) is 16.5. The summed E-state index contributed by atoms with van der Waals surface area (Å²) in [5.41, 5.74) is 3.64. The fourth-order valence-corrected chi connectivity index (χ4v) is 4.93. The van der Waals surface area contributed by atoms with Crippen molar-refractivity contribution >= 4 is 16.9 Å². The number of hydrogen-bond acceptors (Lipinski definition) is 6. The van der Waals surface area contributed by atoms with Crippen LogP contribution in [0, 0.1) is 0 Å². The Morgan fingerprint density at radius 3 is 2.23 bits per heavy atom. The Morgan fingerprint density at radius 2 is 1.72 bits per heavy atom. The molecule has 0 spiro atoms. The van der Waals surface area contributed by atoms with Gasteiger partial charge in [0.1, 0.15) is 5.75 Å². The van der Waals surface area contributed by atoms with Crippen molar-refractivity contribution in [3.05, 3.63) is 54.7 Å². The molecule has 4 N–H and O–H groups in total. The number of carbonyl (C=O) groups excluding carboxylic acids is 1. The molecule has 0 radical (unpaired) electrons. The second-order valence-electron chi connectivity index (χ2n) is 10.0. The van der Waals surface area contributed by atoms with E-state index < -0.39 is 0 Å². The standard InChI is InChI=1S/C18H19N3O.C5H10O.C4H7NO.C4H9N/c22-17-9-5-4-8-13(17)16-10-14-15(11-19-18(14)21-20-16)12-6-2-1-3-7-12;1-2-4-6-5-3-1;1-3-4(6)5-2;1-2-4-5-3-1/h4-5,8-12,22H,1-3,6-7H2,(H,19,21);1-5H2;3H,1H2,2H3,(H,5,6);5H,1-4H2. The maximum atomic E-state index is 10.0. The van der Waals surface area contributed by atoms with Crippen molar-refractivity contribution in [2.75, 3.05) is 33.4 Å². The van der Waals surface area contributed by atoms with Crippen LogP contribution in [0.3, 0.4) is 0 Å². The molecule has 2 aromatic heterocycles. The van der Waals surface area contributed by atoms with Crippen LogP contribution in [0.2, 0.25) is 0 Å². The number of H-pyrrole nitrogens is 1. The predicted octanol–water partition coefficient (Wildman–Crippen LogP) is 5.85. The zero-order valence-electron chi connectivity index (χ0n) is 23.4. The Balaban J connectivity index is 0.000000200. The number of benzene rings is 1. The van der Waals surface area contributed by atoms with Crippen LogP contribution >= 0.6 is 0 Å². The van der Waals surface area contributed by atoms with Gasteiger partial charge in [-0.05, 0) is 93.8 Å². The Labute approximate surface area is 232 Å². The molecule has 4 heterocycles. The molecule has 2 saturated heterocycles. The third kappa shape index (κ3) is 10.1. The van der Waals surface area contributed by atoms with Crippen molar-refractivity contribution in [1.82, 2.24) is 25.8 Å². The number of aromatic amines is 1. The summed E-state index contributed by atoms with van der Waals surface area (Å²) in [5.74, 6) is 0.713. The first-order chi connectivity index (χ1) is 19.1. The third-order valence-corrected chi connectivity index (χ3v) is 7.16. The quantitative estimate of drug-likeness (QED) is 0.313. The van der Waals surface area contributed by atoms with Gasteiger partial charge in [-0.25, -0.2) is 0 Å². The fourth-order valence-electron chi connectivity index (χ4n) is 4.93. The van der Waals surface area contributed by atoms with E-state index >= 15 is 0 Å². The van der Waals surface area contributed by atoms with Gasteiger partial charge in [-0.1, -0.05) is 38.0 Å². The van der Waals surface area contributed by atoms with Crippen molar-refractivity contribution in [3.8, 4) is 17.0 Å². The molecule has 1 amide bonds. The number of amides is 1. The molecule has 1 aromatic carbocycles. The highest BCUT2D eigenvalue weighted by Crippen LogP contribution is 2.37. The lowest BCUT2D eigenvalue weighted by Gasteiger charge is -2.21. The van der Waals surface area contributed by atoms with E-state index in [4.69, 9.17) is 4.74 Å². The van der Waals surface area contributed by atoms with Crippen molar-refractivity contribution in [1.29, 1.82) is 0 Å². The molecule has 6 rings (SSSR count). The van der Waals surface area contributed by atoms with Crippen LogP contribution < -0.4 is 10.6 Å². The van der Waals surface area contributed by atoms with Crippen molar-refractivity contribution in [2.45, 2.75) is 70.1 Å². The van der Waals surface area contributed by atoms with Gasteiger partial charge in [0.25, 0.3) is 0 Å². The minimum absolute atomic E-state index is 0.144. The summed E-state index contributed by atoms with van der Waals surface area (Å²) in [6.45, 7) is 7.72. The van der Waals surface area contributed by atoms with Crippen molar-refractivity contribution < 1.29 is 14.6 Å². The van der Waals surface area contributed by atoms with E-state index in [0.29, 0.717) is 5.92 Å². The number of nitrogens with one attached hydrogen (secondary N) is 3. The molecule has 3 fully saturated rings. The molecular formula is C31H45N5O3. The van der Waals surface area contributed by atoms with Crippen LogP contribution in [0.1, 0.15) is 75.7 Å². The lowest BCUT2D eigenvalue weighted by atomic mass is 9.84. The van der Waals surface area contributed by atoms with Gasteiger partial charge in [0.15, 0.2) is 5.65 Å². The molecule has 3 aliphatic rings. The van der Waals surface area contributed by atoms with Crippen LogP contribution in [0.4, 0.5) is 0 Å². The summed E-state index contributed by atoms with van der Waals surface area (Å²) in [7, 11) is 1.56. The van der Waals surface area contributed by atoms with Crippen molar-refractivity contribution in [2.24, 2.45) is 0 Å². The second kappa shape index (κ2) is 17.4. The smallest absolute Gasteiger partial charge is 0.243 e. The number of para-hydroxylation sites is 1. The molecule has 2 aliphatic heterocycles. The minimum atomic E-state index is -0.144. The number of likely N-dealkylation sites (N-methyl/N-ethyl adjacent to an activating group) is 1. The summed E-state index contributed by atoms with van der Waals surface area (Å²) in [5, 5.41) is 25.3. The summed E-state index contributed by atoms with van der Waals surface area (Å²) in [4.78, 5) is 13.2. The number of phenols is 1. The van der Waals surface area contributed by atoms with Gasteiger partial charge in [-0.2, -0.15) is 0 Å². The Kier molecular flexibility index (Phi) is 13.5. The van der Waals surface area contributed by atoms with E-state index in [2.05, 4.69) is 44.7 Å². The topological polar surface area (TPSA) is 112 Å². The Bertz CT molecular complexity index is 1110. The number of nitrogens with zero attached hydrogens (tertiary/aromatic N) is 2. The summed E-state index contributed by atoms with van der Waals surface area (Å²) < 4.78 is 5.07. The largest absolute Gasteiger partial charge is 0.507 e. The third-order valence-electron chi connectivity index (χ3n) is 7.16. The zero-order valence-corrected chi connectivity index (χ0v) is 23.4. The zero-order chi connectivity index (χ0) is 27.7. The van der Waals surface area contributed by atoms with Gasteiger partial charge in [0, 0.05) is 37.4 Å². The van der Waals surface area contributed by atoms with E-state index in [0.717, 1.165) is 35.5 Å². The molecule has 8 nitrogen and oxygen atoms in total. The van der Waals surface area contributed by atoms with Crippen LogP contribution in [0.5, 0.6) is 5.75 Å². The molecule has 39 heavy (non-hydrogen) atoms. The van der Waals surface area contributed by atoms with Gasteiger partial charge < -0.3 is 25.5 Å². The monoisotopic (exact) mass is 535 g/mol. The van der Waals surface area contributed by atoms with Gasteiger partial charge >= 0.3 is 0 Å².